The minimum absolute atomic E-state index is 0.0305. The molecule has 1 aliphatic rings. The Balaban J connectivity index is 1.87. The van der Waals surface area contributed by atoms with Crippen LogP contribution in [0.4, 0.5) is 8.78 Å². The molecule has 2 heterocycles. The van der Waals surface area contributed by atoms with Gasteiger partial charge in [0, 0.05) is 5.56 Å². The number of ether oxygens (including phenoxy) is 1. The van der Waals surface area contributed by atoms with Gasteiger partial charge in [-0.15, -0.1) is 0 Å². The average molecular weight is 392 g/mol. The number of rotatable bonds is 5. The number of likely N-dealkylation sites (tertiary alicyclic amines) is 1. The number of benzene rings is 1. The molecule has 0 spiro atoms. The largest absolute Gasteiger partial charge is 0.468 e. The summed E-state index contributed by atoms with van der Waals surface area (Å²) >= 11 is 0. The second-order valence-electron chi connectivity index (χ2n) is 6.86. The summed E-state index contributed by atoms with van der Waals surface area (Å²) in [5.41, 5.74) is 0.0305. The molecule has 150 valence electrons. The fourth-order valence-corrected chi connectivity index (χ4v) is 3.73. The molecule has 3 rings (SSSR count). The van der Waals surface area contributed by atoms with Gasteiger partial charge < -0.3 is 14.5 Å². The lowest BCUT2D eigenvalue weighted by Crippen LogP contribution is -2.36. The van der Waals surface area contributed by atoms with E-state index in [4.69, 9.17) is 9.15 Å². The molecule has 0 bridgehead atoms. The molecular formula is C20H22F2N2O4. The maximum absolute atomic E-state index is 14.5. The predicted molar refractivity (Wildman–Crippen MR) is 96.1 cm³/mol. The summed E-state index contributed by atoms with van der Waals surface area (Å²) in [7, 11) is 2.85. The molecule has 0 unspecified atom stereocenters. The van der Waals surface area contributed by atoms with Crippen molar-refractivity contribution >= 4 is 11.9 Å². The number of aryl methyl sites for hydroxylation is 1. The Morgan fingerprint density at radius 2 is 2.04 bits per heavy atom. The standard InChI is InChI=1S/C20H22F2N2O4/c1-11-7-8-12(28-11)10-23-19(25)14-9-16(20(26)27-3)24(2)18(14)13-5-4-6-15(21)17(13)22/h4-8,14,16,18H,9-10H2,1-3H3,(H,23,25)/t14-,16-,18-/m1/s1. The van der Waals surface area contributed by atoms with Crippen molar-refractivity contribution in [1.29, 1.82) is 0 Å². The smallest absolute Gasteiger partial charge is 0.323 e. The lowest BCUT2D eigenvalue weighted by atomic mass is 9.91. The Hall–Kier alpha value is -2.74. The number of carbonyl (C=O) groups excluding carboxylic acids is 2. The molecular weight excluding hydrogens is 370 g/mol. The van der Waals surface area contributed by atoms with Crippen molar-refractivity contribution < 1.29 is 27.5 Å². The number of methoxy groups -OCH3 is 1. The van der Waals surface area contributed by atoms with Gasteiger partial charge in [0.1, 0.15) is 17.6 Å². The van der Waals surface area contributed by atoms with Crippen LogP contribution < -0.4 is 5.32 Å². The van der Waals surface area contributed by atoms with E-state index in [1.807, 2.05) is 0 Å². The molecule has 1 N–H and O–H groups in total. The molecule has 0 saturated carbocycles. The van der Waals surface area contributed by atoms with Crippen LogP contribution >= 0.6 is 0 Å². The van der Waals surface area contributed by atoms with Crippen LogP contribution in [-0.2, 0) is 20.9 Å². The minimum Gasteiger partial charge on any atom is -0.468 e. The van der Waals surface area contributed by atoms with Crippen LogP contribution in [0.5, 0.6) is 0 Å². The van der Waals surface area contributed by atoms with Gasteiger partial charge in [0.05, 0.1) is 25.6 Å². The van der Waals surface area contributed by atoms with Crippen LogP contribution in [0.2, 0.25) is 0 Å². The first-order valence-corrected chi connectivity index (χ1v) is 8.90. The highest BCUT2D eigenvalue weighted by molar-refractivity contribution is 5.83. The molecule has 3 atom stereocenters. The van der Waals surface area contributed by atoms with Crippen molar-refractivity contribution in [3.8, 4) is 0 Å². The van der Waals surface area contributed by atoms with Gasteiger partial charge in [-0.2, -0.15) is 0 Å². The number of esters is 1. The number of carbonyl (C=O) groups is 2. The molecule has 28 heavy (non-hydrogen) atoms. The number of furan rings is 1. The number of likely N-dealkylation sites (N-methyl/N-ethyl adjacent to an activating group) is 1. The fraction of sp³-hybridized carbons (Fsp3) is 0.400. The zero-order valence-corrected chi connectivity index (χ0v) is 15.9. The van der Waals surface area contributed by atoms with Crippen molar-refractivity contribution in [2.45, 2.75) is 32.0 Å². The van der Waals surface area contributed by atoms with Gasteiger partial charge in [0.25, 0.3) is 0 Å². The van der Waals surface area contributed by atoms with E-state index in [2.05, 4.69) is 5.32 Å². The minimum atomic E-state index is -1.02. The number of amides is 1. The number of hydrogen-bond acceptors (Lipinski definition) is 5. The van der Waals surface area contributed by atoms with Gasteiger partial charge in [-0.05, 0) is 38.6 Å². The predicted octanol–water partition coefficient (Wildman–Crippen LogP) is 2.72. The highest BCUT2D eigenvalue weighted by atomic mass is 19.2. The maximum Gasteiger partial charge on any atom is 0.323 e. The van der Waals surface area contributed by atoms with Crippen molar-refractivity contribution in [2.24, 2.45) is 5.92 Å². The van der Waals surface area contributed by atoms with Gasteiger partial charge in [-0.25, -0.2) is 8.78 Å². The molecule has 1 aromatic heterocycles. The Bertz CT molecular complexity index is 883. The number of nitrogens with zero attached hydrogens (tertiary/aromatic N) is 1. The Morgan fingerprint density at radius 1 is 1.29 bits per heavy atom. The van der Waals surface area contributed by atoms with E-state index in [0.29, 0.717) is 5.76 Å². The lowest BCUT2D eigenvalue weighted by Gasteiger charge is -2.27. The molecule has 1 aromatic carbocycles. The lowest BCUT2D eigenvalue weighted by molar-refractivity contribution is -0.145. The molecule has 1 aliphatic heterocycles. The summed E-state index contributed by atoms with van der Waals surface area (Å²) in [5, 5.41) is 2.76. The molecule has 6 nitrogen and oxygen atoms in total. The van der Waals surface area contributed by atoms with Gasteiger partial charge in [-0.1, -0.05) is 12.1 Å². The van der Waals surface area contributed by atoms with Crippen LogP contribution in [0.15, 0.2) is 34.7 Å². The highest BCUT2D eigenvalue weighted by Gasteiger charge is 2.48. The van der Waals surface area contributed by atoms with Crippen LogP contribution in [0.1, 0.15) is 29.5 Å². The third kappa shape index (κ3) is 3.77. The van der Waals surface area contributed by atoms with Crippen LogP contribution in [0.3, 0.4) is 0 Å². The summed E-state index contributed by atoms with van der Waals surface area (Å²) in [6.45, 7) is 1.95. The third-order valence-electron chi connectivity index (χ3n) is 5.13. The van der Waals surface area contributed by atoms with Crippen molar-refractivity contribution in [3.05, 3.63) is 59.1 Å². The summed E-state index contributed by atoms with van der Waals surface area (Å²) in [6.07, 6.45) is 0.132. The first-order valence-electron chi connectivity index (χ1n) is 8.90. The van der Waals surface area contributed by atoms with Crippen molar-refractivity contribution in [1.82, 2.24) is 10.2 Å². The Labute approximate surface area is 161 Å². The molecule has 0 radical (unpaired) electrons. The monoisotopic (exact) mass is 392 g/mol. The van der Waals surface area contributed by atoms with Gasteiger partial charge in [0.15, 0.2) is 11.6 Å². The van der Waals surface area contributed by atoms with Crippen LogP contribution in [-0.4, -0.2) is 37.0 Å². The Kier molecular flexibility index (Phi) is 5.79. The highest BCUT2D eigenvalue weighted by Crippen LogP contribution is 2.41. The maximum atomic E-state index is 14.5. The molecule has 0 aliphatic carbocycles. The number of hydrogen-bond donors (Lipinski definition) is 1. The summed E-state index contributed by atoms with van der Waals surface area (Å²) < 4.78 is 38.5. The summed E-state index contributed by atoms with van der Waals surface area (Å²) in [4.78, 5) is 26.5. The van der Waals surface area contributed by atoms with E-state index in [1.54, 1.807) is 31.0 Å². The second kappa shape index (κ2) is 8.10. The number of halogens is 2. The van der Waals surface area contributed by atoms with Gasteiger partial charge >= 0.3 is 5.97 Å². The topological polar surface area (TPSA) is 71.8 Å². The van der Waals surface area contributed by atoms with E-state index >= 15 is 0 Å². The zero-order chi connectivity index (χ0) is 20.4. The van der Waals surface area contributed by atoms with E-state index in [1.165, 1.54) is 19.2 Å². The second-order valence-corrected chi connectivity index (χ2v) is 6.86. The van der Waals surface area contributed by atoms with Gasteiger partial charge in [0.2, 0.25) is 5.91 Å². The molecule has 2 aromatic rings. The summed E-state index contributed by atoms with van der Waals surface area (Å²) in [5.74, 6) is -2.39. The molecule has 1 fully saturated rings. The molecule has 1 amide bonds. The molecule has 1 saturated heterocycles. The van der Waals surface area contributed by atoms with E-state index in [9.17, 15) is 18.4 Å². The van der Waals surface area contributed by atoms with Crippen LogP contribution in [0.25, 0.3) is 0 Å². The zero-order valence-electron chi connectivity index (χ0n) is 15.9. The van der Waals surface area contributed by atoms with Crippen LogP contribution in [0, 0.1) is 24.5 Å². The third-order valence-corrected chi connectivity index (χ3v) is 5.13. The Morgan fingerprint density at radius 3 is 2.68 bits per heavy atom. The fourth-order valence-electron chi connectivity index (χ4n) is 3.73. The average Bonchev–Trinajstić information content (AvgIpc) is 3.24. The van der Waals surface area contributed by atoms with E-state index in [0.717, 1.165) is 11.8 Å². The van der Waals surface area contributed by atoms with Gasteiger partial charge in [-0.3, -0.25) is 14.5 Å². The first kappa shape index (κ1) is 20.0. The van der Waals surface area contributed by atoms with E-state index < -0.39 is 35.6 Å². The molecule has 8 heteroatoms. The van der Waals surface area contributed by atoms with E-state index in [-0.39, 0.29) is 24.4 Å². The number of nitrogens with one attached hydrogen (secondary N) is 1. The summed E-state index contributed by atoms with van der Waals surface area (Å²) in [6, 6.07) is 5.81. The SMILES string of the molecule is COC(=O)[C@H]1C[C@@H](C(=O)NCc2ccc(C)o2)[C@@H](c2cccc(F)c2F)N1C. The van der Waals surface area contributed by atoms with Crippen molar-refractivity contribution in [2.75, 3.05) is 14.2 Å². The quantitative estimate of drug-likeness (QED) is 0.793. The first-order chi connectivity index (χ1) is 13.3. The van der Waals surface area contributed by atoms with Crippen molar-refractivity contribution in [3.63, 3.8) is 0 Å². The normalized spacial score (nSPS) is 22.2.